The Bertz CT molecular complexity index is 970. The molecule has 1 N–H and O–H groups in total. The van der Waals surface area contributed by atoms with Crippen molar-refractivity contribution >= 4 is 19.9 Å². The highest BCUT2D eigenvalue weighted by Gasteiger charge is 2.22. The number of rotatable bonds is 10. The van der Waals surface area contributed by atoms with Gasteiger partial charge >= 0.3 is 0 Å². The summed E-state index contributed by atoms with van der Waals surface area (Å²) in [6.07, 6.45) is 1.77. The summed E-state index contributed by atoms with van der Waals surface area (Å²) in [4.78, 5) is 2.15. The number of hydrogen-bond acceptors (Lipinski definition) is 5. The highest BCUT2D eigenvalue weighted by molar-refractivity contribution is 7.91. The lowest BCUT2D eigenvalue weighted by Gasteiger charge is -2.30. The molecule has 0 radical (unpaired) electrons. The predicted octanol–water partition coefficient (Wildman–Crippen LogP) is 2.32. The molecule has 2 rings (SSSR count). The molecule has 0 aromatic heterocycles. The minimum atomic E-state index is -3.82. The topological polar surface area (TPSA) is 83.6 Å². The molecule has 0 amide bonds. The second-order valence-corrected chi connectivity index (χ2v) is 10.4. The minimum Gasteiger partial charge on any atom is -0.299 e. The first-order valence-corrected chi connectivity index (χ1v) is 12.6. The van der Waals surface area contributed by atoms with Gasteiger partial charge in [0.25, 0.3) is 0 Å². The maximum absolute atomic E-state index is 12.7. The fourth-order valence-corrected chi connectivity index (χ4v) is 4.98. The summed E-state index contributed by atoms with van der Waals surface area (Å²) < 4.78 is 51.6. The molecule has 0 heterocycles. The van der Waals surface area contributed by atoms with Gasteiger partial charge in [0.1, 0.15) is 0 Å². The first-order chi connectivity index (χ1) is 13.2. The number of nitrogens with zero attached hydrogens (tertiary/aromatic N) is 1. The molecule has 0 saturated heterocycles. The zero-order valence-corrected chi connectivity index (χ0v) is 18.1. The van der Waals surface area contributed by atoms with E-state index in [0.717, 1.165) is 24.9 Å². The molecule has 2 aromatic rings. The van der Waals surface area contributed by atoms with E-state index in [-0.39, 0.29) is 22.4 Å². The molecule has 1 atom stereocenters. The quantitative estimate of drug-likeness (QED) is 0.633. The van der Waals surface area contributed by atoms with Gasteiger partial charge in [-0.1, -0.05) is 50.2 Å². The standard InChI is InChI=1S/C20H28N2O4S2/c1-4-22(5-2)18(14-17-10-7-6-8-11-17)16-21-28(25,26)20-13-9-12-19(15-20)27(3,23)24/h6-13,15,18,21H,4-5,14,16H2,1-3H3. The van der Waals surface area contributed by atoms with Gasteiger partial charge in [-0.15, -0.1) is 0 Å². The van der Waals surface area contributed by atoms with Crippen LogP contribution in [-0.2, 0) is 26.3 Å². The Morgan fingerprint density at radius 1 is 0.893 bits per heavy atom. The molecule has 1 unspecified atom stereocenters. The second-order valence-electron chi connectivity index (χ2n) is 6.66. The first-order valence-electron chi connectivity index (χ1n) is 9.25. The van der Waals surface area contributed by atoms with E-state index in [4.69, 9.17) is 0 Å². The van der Waals surface area contributed by atoms with Gasteiger partial charge in [0.15, 0.2) is 9.84 Å². The molecule has 0 saturated carbocycles. The van der Waals surface area contributed by atoms with Crippen LogP contribution in [0.5, 0.6) is 0 Å². The van der Waals surface area contributed by atoms with Crippen LogP contribution in [0.1, 0.15) is 19.4 Å². The molecule has 6 nitrogen and oxygen atoms in total. The normalized spacial score (nSPS) is 13.6. The summed E-state index contributed by atoms with van der Waals surface area (Å²) in [6, 6.07) is 15.4. The lowest BCUT2D eigenvalue weighted by atomic mass is 10.0. The molecule has 28 heavy (non-hydrogen) atoms. The van der Waals surface area contributed by atoms with E-state index in [2.05, 4.69) is 9.62 Å². The maximum atomic E-state index is 12.7. The van der Waals surface area contributed by atoms with Crippen molar-refractivity contribution in [3.8, 4) is 0 Å². The summed E-state index contributed by atoms with van der Waals surface area (Å²) in [7, 11) is -7.30. The Hall–Kier alpha value is -1.74. The van der Waals surface area contributed by atoms with Gasteiger partial charge in [0.05, 0.1) is 9.79 Å². The molecular formula is C20H28N2O4S2. The number of sulfonamides is 1. The van der Waals surface area contributed by atoms with Crippen molar-refractivity contribution in [1.82, 2.24) is 9.62 Å². The maximum Gasteiger partial charge on any atom is 0.240 e. The molecule has 0 aliphatic rings. The zero-order valence-electron chi connectivity index (χ0n) is 16.5. The highest BCUT2D eigenvalue weighted by Crippen LogP contribution is 2.16. The van der Waals surface area contributed by atoms with Crippen molar-refractivity contribution in [1.29, 1.82) is 0 Å². The summed E-state index contributed by atoms with van der Waals surface area (Å²) in [5, 5.41) is 0. The van der Waals surface area contributed by atoms with E-state index in [0.29, 0.717) is 6.42 Å². The Morgan fingerprint density at radius 3 is 2.07 bits per heavy atom. The van der Waals surface area contributed by atoms with Gasteiger partial charge in [0, 0.05) is 18.8 Å². The average molecular weight is 425 g/mol. The van der Waals surface area contributed by atoms with Gasteiger partial charge in [-0.2, -0.15) is 0 Å². The number of likely N-dealkylation sites (N-methyl/N-ethyl adjacent to an activating group) is 1. The van der Waals surface area contributed by atoms with Crippen molar-refractivity contribution in [3.05, 3.63) is 60.2 Å². The number of nitrogens with one attached hydrogen (secondary N) is 1. The highest BCUT2D eigenvalue weighted by atomic mass is 32.2. The molecular weight excluding hydrogens is 396 g/mol. The molecule has 0 bridgehead atoms. The monoisotopic (exact) mass is 424 g/mol. The molecule has 0 aliphatic carbocycles. The predicted molar refractivity (Wildman–Crippen MR) is 112 cm³/mol. The summed E-state index contributed by atoms with van der Waals surface area (Å²) in [6.45, 7) is 5.94. The van der Waals surface area contributed by atoms with Crippen LogP contribution in [-0.4, -0.2) is 53.7 Å². The van der Waals surface area contributed by atoms with E-state index in [9.17, 15) is 16.8 Å². The van der Waals surface area contributed by atoms with Crippen molar-refractivity contribution in [3.63, 3.8) is 0 Å². The van der Waals surface area contributed by atoms with Crippen LogP contribution in [0.3, 0.4) is 0 Å². The third kappa shape index (κ3) is 6.13. The zero-order chi connectivity index (χ0) is 20.8. The van der Waals surface area contributed by atoms with E-state index in [1.807, 2.05) is 44.2 Å². The fraction of sp³-hybridized carbons (Fsp3) is 0.400. The fourth-order valence-electron chi connectivity index (χ4n) is 3.12. The lowest BCUT2D eigenvalue weighted by molar-refractivity contribution is 0.216. The molecule has 8 heteroatoms. The van der Waals surface area contributed by atoms with Gasteiger partial charge in [-0.3, -0.25) is 4.90 Å². The van der Waals surface area contributed by atoms with Gasteiger partial charge in [0.2, 0.25) is 10.0 Å². The largest absolute Gasteiger partial charge is 0.299 e. The van der Waals surface area contributed by atoms with Crippen LogP contribution in [0.15, 0.2) is 64.4 Å². The van der Waals surface area contributed by atoms with Crippen molar-refractivity contribution in [2.45, 2.75) is 36.1 Å². The SMILES string of the molecule is CCN(CC)C(CNS(=O)(=O)c1cccc(S(C)(=O)=O)c1)Cc1ccccc1. The Morgan fingerprint density at radius 2 is 1.50 bits per heavy atom. The molecule has 2 aromatic carbocycles. The van der Waals surface area contributed by atoms with Gasteiger partial charge in [-0.25, -0.2) is 21.6 Å². The van der Waals surface area contributed by atoms with Crippen LogP contribution >= 0.6 is 0 Å². The number of benzene rings is 2. The average Bonchev–Trinajstić information content (AvgIpc) is 2.67. The molecule has 0 aliphatic heterocycles. The van der Waals surface area contributed by atoms with Gasteiger partial charge in [-0.05, 0) is 43.3 Å². The van der Waals surface area contributed by atoms with Crippen molar-refractivity contribution < 1.29 is 16.8 Å². The lowest BCUT2D eigenvalue weighted by Crippen LogP contribution is -2.45. The minimum absolute atomic E-state index is 0.00901. The van der Waals surface area contributed by atoms with Gasteiger partial charge < -0.3 is 0 Å². The van der Waals surface area contributed by atoms with Crippen LogP contribution in [0.25, 0.3) is 0 Å². The smallest absolute Gasteiger partial charge is 0.240 e. The van der Waals surface area contributed by atoms with Crippen LogP contribution < -0.4 is 4.72 Å². The first kappa shape index (κ1) is 22.5. The van der Waals surface area contributed by atoms with E-state index < -0.39 is 19.9 Å². The summed E-state index contributed by atoms with van der Waals surface area (Å²) >= 11 is 0. The second kappa shape index (κ2) is 9.65. The molecule has 154 valence electrons. The van der Waals surface area contributed by atoms with Crippen molar-refractivity contribution in [2.75, 3.05) is 25.9 Å². The Kier molecular flexibility index (Phi) is 7.77. The van der Waals surface area contributed by atoms with E-state index in [1.54, 1.807) is 0 Å². The van der Waals surface area contributed by atoms with E-state index >= 15 is 0 Å². The summed E-state index contributed by atoms with van der Waals surface area (Å²) in [5.74, 6) is 0. The van der Waals surface area contributed by atoms with Crippen molar-refractivity contribution in [2.24, 2.45) is 0 Å². The Balaban J connectivity index is 2.21. The van der Waals surface area contributed by atoms with E-state index in [1.165, 1.54) is 24.3 Å². The summed E-state index contributed by atoms with van der Waals surface area (Å²) in [5.41, 5.74) is 1.14. The van der Waals surface area contributed by atoms with Crippen LogP contribution in [0, 0.1) is 0 Å². The number of hydrogen-bond donors (Lipinski definition) is 1. The number of sulfone groups is 1. The van der Waals surface area contributed by atoms with Crippen LogP contribution in [0.4, 0.5) is 0 Å². The third-order valence-electron chi connectivity index (χ3n) is 4.70. The Labute approximate surface area is 168 Å². The molecule has 0 spiro atoms. The molecule has 0 fully saturated rings. The third-order valence-corrected chi connectivity index (χ3v) is 7.23. The van der Waals surface area contributed by atoms with Crippen LogP contribution in [0.2, 0.25) is 0 Å².